The molecule has 2 fully saturated rings. The van der Waals surface area contributed by atoms with E-state index in [0.29, 0.717) is 25.8 Å². The largest absolute Gasteiger partial charge is 0.481 e. The Hall–Kier alpha value is -1.30. The number of fused-ring (bicyclic) bond motifs is 2. The van der Waals surface area contributed by atoms with Gasteiger partial charge in [0, 0.05) is 31.1 Å². The summed E-state index contributed by atoms with van der Waals surface area (Å²) in [5, 5.41) is 18.6. The third-order valence-corrected chi connectivity index (χ3v) is 4.59. The second kappa shape index (κ2) is 6.64. The second-order valence-corrected chi connectivity index (χ2v) is 6.48. The third kappa shape index (κ3) is 3.67. The first-order valence-corrected chi connectivity index (χ1v) is 7.89. The minimum Gasteiger partial charge on any atom is -0.481 e. The topological polar surface area (TPSA) is 81.1 Å². The van der Waals surface area contributed by atoms with Crippen LogP contribution < -0.4 is 0 Å². The Bertz CT molecular complexity index is 385. The van der Waals surface area contributed by atoms with Crippen LogP contribution in [-0.4, -0.2) is 62.8 Å². The van der Waals surface area contributed by atoms with Crippen LogP contribution in [0.25, 0.3) is 0 Å². The summed E-state index contributed by atoms with van der Waals surface area (Å²) < 4.78 is 0. The van der Waals surface area contributed by atoms with E-state index in [1.54, 1.807) is 4.90 Å². The first-order valence-electron chi connectivity index (χ1n) is 7.89. The molecule has 2 amide bonds. The molecule has 0 spiro atoms. The average molecular weight is 298 g/mol. The number of rotatable bonds is 5. The molecular weight excluding hydrogens is 272 g/mol. The van der Waals surface area contributed by atoms with Crippen LogP contribution >= 0.6 is 0 Å². The van der Waals surface area contributed by atoms with Crippen molar-refractivity contribution in [2.45, 2.75) is 76.6 Å². The third-order valence-electron chi connectivity index (χ3n) is 4.59. The summed E-state index contributed by atoms with van der Waals surface area (Å²) in [6, 6.07) is 0.353. The fourth-order valence-corrected chi connectivity index (χ4v) is 3.58. The molecule has 0 aromatic heterocycles. The van der Waals surface area contributed by atoms with Gasteiger partial charge in [0.2, 0.25) is 0 Å². The number of aliphatic hydroxyl groups is 1. The van der Waals surface area contributed by atoms with Crippen molar-refractivity contribution in [2.75, 3.05) is 6.54 Å². The molecule has 0 aromatic rings. The lowest BCUT2D eigenvalue weighted by Gasteiger charge is -2.41. The molecule has 0 saturated carbocycles. The lowest BCUT2D eigenvalue weighted by atomic mass is 10.0. The first kappa shape index (κ1) is 16.1. The van der Waals surface area contributed by atoms with Crippen LogP contribution in [0.5, 0.6) is 0 Å². The zero-order valence-electron chi connectivity index (χ0n) is 12.9. The standard InChI is InChI=1S/C15H26N2O4/c1-10(2)16(7-3-4-14(19)20)15(21)17-11-5-6-12(17)9-13(18)8-11/h10-13,18H,3-9H2,1-2H3,(H,19,20). The van der Waals surface area contributed by atoms with Crippen LogP contribution in [0.4, 0.5) is 4.79 Å². The van der Waals surface area contributed by atoms with Crippen LogP contribution in [0.3, 0.4) is 0 Å². The minimum atomic E-state index is -0.827. The van der Waals surface area contributed by atoms with Crippen LogP contribution in [0.1, 0.15) is 52.4 Å². The van der Waals surface area contributed by atoms with Gasteiger partial charge in [-0.15, -0.1) is 0 Å². The van der Waals surface area contributed by atoms with Crippen molar-refractivity contribution in [2.24, 2.45) is 0 Å². The predicted molar refractivity (Wildman–Crippen MR) is 78.0 cm³/mol. The van der Waals surface area contributed by atoms with Gasteiger partial charge in [-0.25, -0.2) is 4.79 Å². The number of carboxylic acid groups (broad SMARTS) is 1. The number of nitrogens with zero attached hydrogens (tertiary/aromatic N) is 2. The number of urea groups is 1. The number of aliphatic hydroxyl groups excluding tert-OH is 1. The Balaban J connectivity index is 2.00. The van der Waals surface area contributed by atoms with E-state index in [2.05, 4.69) is 0 Å². The van der Waals surface area contributed by atoms with Crippen LogP contribution in [0.2, 0.25) is 0 Å². The van der Waals surface area contributed by atoms with Crippen LogP contribution in [0, 0.1) is 0 Å². The number of carboxylic acids is 1. The summed E-state index contributed by atoms with van der Waals surface area (Å²) in [7, 11) is 0. The molecule has 0 radical (unpaired) electrons. The van der Waals surface area contributed by atoms with Gasteiger partial charge in [-0.2, -0.15) is 0 Å². The number of hydrogen-bond donors (Lipinski definition) is 2. The molecule has 2 rings (SSSR count). The van der Waals surface area contributed by atoms with E-state index in [-0.39, 0.29) is 36.7 Å². The van der Waals surface area contributed by atoms with E-state index in [0.717, 1.165) is 12.8 Å². The van der Waals surface area contributed by atoms with Gasteiger partial charge in [0.15, 0.2) is 0 Å². The first-order chi connectivity index (χ1) is 9.90. The van der Waals surface area contributed by atoms with Crippen molar-refractivity contribution in [3.8, 4) is 0 Å². The number of amides is 2. The molecule has 2 aliphatic rings. The van der Waals surface area contributed by atoms with Gasteiger partial charge in [-0.3, -0.25) is 4.79 Å². The highest BCUT2D eigenvalue weighted by Gasteiger charge is 2.44. The van der Waals surface area contributed by atoms with E-state index < -0.39 is 5.97 Å². The maximum absolute atomic E-state index is 12.8. The number of piperidine rings is 1. The van der Waals surface area contributed by atoms with E-state index in [9.17, 15) is 14.7 Å². The second-order valence-electron chi connectivity index (χ2n) is 6.48. The molecule has 2 heterocycles. The van der Waals surface area contributed by atoms with Crippen molar-refractivity contribution < 1.29 is 19.8 Å². The molecule has 2 aliphatic heterocycles. The quantitative estimate of drug-likeness (QED) is 0.809. The molecule has 0 aliphatic carbocycles. The molecule has 2 bridgehead atoms. The van der Waals surface area contributed by atoms with E-state index in [4.69, 9.17) is 5.11 Å². The van der Waals surface area contributed by atoms with Gasteiger partial charge >= 0.3 is 12.0 Å². The number of aliphatic carboxylic acids is 1. The Labute approximate surface area is 125 Å². The smallest absolute Gasteiger partial charge is 0.320 e. The zero-order valence-corrected chi connectivity index (χ0v) is 12.9. The summed E-state index contributed by atoms with van der Waals surface area (Å²) in [6.45, 7) is 4.39. The highest BCUT2D eigenvalue weighted by molar-refractivity contribution is 5.76. The lowest BCUT2D eigenvalue weighted by molar-refractivity contribution is -0.137. The van der Waals surface area contributed by atoms with Gasteiger partial charge in [-0.1, -0.05) is 0 Å². The normalized spacial score (nSPS) is 28.0. The summed E-state index contributed by atoms with van der Waals surface area (Å²) >= 11 is 0. The number of carbonyl (C=O) groups is 2. The van der Waals surface area contributed by atoms with Gasteiger partial charge in [0.05, 0.1) is 6.10 Å². The molecule has 120 valence electrons. The highest BCUT2D eigenvalue weighted by atomic mass is 16.4. The SMILES string of the molecule is CC(C)N(CCCC(=O)O)C(=O)N1C2CCC1CC(O)C2. The van der Waals surface area contributed by atoms with Gasteiger partial charge in [0.25, 0.3) is 0 Å². The fourth-order valence-electron chi connectivity index (χ4n) is 3.58. The molecule has 0 aromatic carbocycles. The van der Waals surface area contributed by atoms with Gasteiger partial charge in [-0.05, 0) is 46.0 Å². The Morgan fingerprint density at radius 3 is 2.29 bits per heavy atom. The van der Waals surface area contributed by atoms with E-state index in [1.165, 1.54) is 0 Å². The summed E-state index contributed by atoms with van der Waals surface area (Å²) in [6.07, 6.45) is 3.55. The number of hydrogen-bond acceptors (Lipinski definition) is 3. The molecule has 2 N–H and O–H groups in total. The Kier molecular flexibility index (Phi) is 5.08. The molecule has 2 atom stereocenters. The van der Waals surface area contributed by atoms with Crippen LogP contribution in [0.15, 0.2) is 0 Å². The lowest BCUT2D eigenvalue weighted by Crippen LogP contribution is -2.54. The van der Waals surface area contributed by atoms with Crippen molar-refractivity contribution in [3.63, 3.8) is 0 Å². The highest BCUT2D eigenvalue weighted by Crippen LogP contribution is 2.36. The number of carbonyl (C=O) groups excluding carboxylic acids is 1. The monoisotopic (exact) mass is 298 g/mol. The fraction of sp³-hybridized carbons (Fsp3) is 0.867. The van der Waals surface area contributed by atoms with Gasteiger partial charge in [0.1, 0.15) is 0 Å². The Morgan fingerprint density at radius 2 is 1.81 bits per heavy atom. The molecular formula is C15H26N2O4. The molecule has 2 saturated heterocycles. The van der Waals surface area contributed by atoms with E-state index >= 15 is 0 Å². The van der Waals surface area contributed by atoms with Crippen LogP contribution in [-0.2, 0) is 4.79 Å². The summed E-state index contributed by atoms with van der Waals surface area (Å²) in [5.74, 6) is -0.827. The van der Waals surface area contributed by atoms with Crippen molar-refractivity contribution >= 4 is 12.0 Å². The van der Waals surface area contributed by atoms with Gasteiger partial charge < -0.3 is 20.0 Å². The average Bonchev–Trinajstić information content (AvgIpc) is 2.65. The van der Waals surface area contributed by atoms with E-state index in [1.807, 2.05) is 18.7 Å². The molecule has 2 unspecified atom stereocenters. The zero-order chi connectivity index (χ0) is 15.6. The molecule has 21 heavy (non-hydrogen) atoms. The maximum Gasteiger partial charge on any atom is 0.320 e. The summed E-state index contributed by atoms with van der Waals surface area (Å²) in [4.78, 5) is 27.1. The molecule has 6 heteroatoms. The molecule has 6 nitrogen and oxygen atoms in total. The van der Waals surface area contributed by atoms with Crippen molar-refractivity contribution in [1.29, 1.82) is 0 Å². The Morgan fingerprint density at radius 1 is 1.24 bits per heavy atom. The minimum absolute atomic E-state index is 0.00906. The maximum atomic E-state index is 12.8. The predicted octanol–water partition coefficient (Wildman–Crippen LogP) is 1.67. The van der Waals surface area contributed by atoms with Crippen molar-refractivity contribution in [3.05, 3.63) is 0 Å². The summed E-state index contributed by atoms with van der Waals surface area (Å²) in [5.41, 5.74) is 0. The van der Waals surface area contributed by atoms with Crippen molar-refractivity contribution in [1.82, 2.24) is 9.80 Å².